The number of isocyanates is 1. The summed E-state index contributed by atoms with van der Waals surface area (Å²) in [6, 6.07) is 10.2. The lowest BCUT2D eigenvalue weighted by molar-refractivity contribution is -0.145. The molecule has 0 spiro atoms. The lowest BCUT2D eigenvalue weighted by atomic mass is 9.86. The topological polar surface area (TPSA) is 91.7 Å². The SMILES string of the molecule is CCC(NCc1cccnc1)(C(=O)O)c1ccc(N=C=O)cc1. The molecule has 0 fully saturated rings. The molecule has 0 saturated heterocycles. The van der Waals surface area contributed by atoms with E-state index < -0.39 is 11.5 Å². The van der Waals surface area contributed by atoms with Crippen LogP contribution in [0.15, 0.2) is 53.8 Å². The molecule has 1 heterocycles. The number of aromatic nitrogens is 1. The molecule has 0 bridgehead atoms. The first-order valence-electron chi connectivity index (χ1n) is 7.18. The molecule has 0 aliphatic heterocycles. The highest BCUT2D eigenvalue weighted by molar-refractivity contribution is 5.81. The minimum Gasteiger partial charge on any atom is -0.480 e. The fraction of sp³-hybridized carbons (Fsp3) is 0.235. The van der Waals surface area contributed by atoms with Crippen LogP contribution in [-0.2, 0) is 21.7 Å². The average Bonchev–Trinajstić information content (AvgIpc) is 2.58. The molecule has 1 aromatic heterocycles. The van der Waals surface area contributed by atoms with E-state index in [9.17, 15) is 14.7 Å². The summed E-state index contributed by atoms with van der Waals surface area (Å²) < 4.78 is 0. The number of nitrogens with one attached hydrogen (secondary N) is 1. The second kappa shape index (κ2) is 7.45. The number of hydrogen-bond acceptors (Lipinski definition) is 5. The zero-order valence-electron chi connectivity index (χ0n) is 12.7. The Morgan fingerprint density at radius 2 is 2.09 bits per heavy atom. The molecule has 0 aliphatic rings. The van der Waals surface area contributed by atoms with Gasteiger partial charge in [-0.15, -0.1) is 0 Å². The van der Waals surface area contributed by atoms with Crippen LogP contribution in [0.2, 0.25) is 0 Å². The van der Waals surface area contributed by atoms with Crippen molar-refractivity contribution in [2.24, 2.45) is 4.99 Å². The normalized spacial score (nSPS) is 12.9. The standard InChI is InChI=1S/C17H17N3O3/c1-2-17(16(22)23,20-11-13-4-3-9-18-10-13)14-5-7-15(8-6-14)19-12-21/h3-10,20H,2,11H2,1H3,(H,22,23). The Bertz CT molecular complexity index is 710. The number of pyridine rings is 1. The number of nitrogens with zero attached hydrogens (tertiary/aromatic N) is 2. The summed E-state index contributed by atoms with van der Waals surface area (Å²) in [4.78, 5) is 29.7. The molecule has 1 atom stereocenters. The number of carboxylic acids is 1. The minimum absolute atomic E-state index is 0.360. The fourth-order valence-electron chi connectivity index (χ4n) is 2.41. The van der Waals surface area contributed by atoms with E-state index in [-0.39, 0.29) is 0 Å². The molecule has 1 unspecified atom stereocenters. The number of carbonyl (C=O) groups is 1. The van der Waals surface area contributed by atoms with E-state index in [4.69, 9.17) is 0 Å². The Morgan fingerprint density at radius 1 is 1.35 bits per heavy atom. The average molecular weight is 311 g/mol. The highest BCUT2D eigenvalue weighted by atomic mass is 16.4. The largest absolute Gasteiger partial charge is 0.480 e. The zero-order chi connectivity index (χ0) is 16.7. The molecule has 118 valence electrons. The number of hydrogen-bond donors (Lipinski definition) is 2. The van der Waals surface area contributed by atoms with Gasteiger partial charge in [-0.05, 0) is 35.7 Å². The first-order valence-corrected chi connectivity index (χ1v) is 7.18. The maximum Gasteiger partial charge on any atom is 0.328 e. The summed E-state index contributed by atoms with van der Waals surface area (Å²) in [5, 5.41) is 12.9. The van der Waals surface area contributed by atoms with Gasteiger partial charge < -0.3 is 5.11 Å². The predicted octanol–water partition coefficient (Wildman–Crippen LogP) is 2.53. The smallest absolute Gasteiger partial charge is 0.328 e. The third-order valence-electron chi connectivity index (χ3n) is 3.75. The Balaban J connectivity index is 2.31. The van der Waals surface area contributed by atoms with Crippen molar-refractivity contribution in [3.63, 3.8) is 0 Å². The summed E-state index contributed by atoms with van der Waals surface area (Å²) in [6.45, 7) is 2.18. The molecule has 0 amide bonds. The van der Waals surface area contributed by atoms with Crippen LogP contribution >= 0.6 is 0 Å². The van der Waals surface area contributed by atoms with Gasteiger partial charge in [-0.25, -0.2) is 9.59 Å². The van der Waals surface area contributed by atoms with Crippen molar-refractivity contribution in [1.82, 2.24) is 10.3 Å². The van der Waals surface area contributed by atoms with Crippen LogP contribution in [0.5, 0.6) is 0 Å². The van der Waals surface area contributed by atoms with Crippen LogP contribution in [0.25, 0.3) is 0 Å². The van der Waals surface area contributed by atoms with Gasteiger partial charge in [0.15, 0.2) is 0 Å². The molecule has 1 aromatic carbocycles. The van der Waals surface area contributed by atoms with E-state index in [1.807, 2.05) is 13.0 Å². The number of carbonyl (C=O) groups excluding carboxylic acids is 1. The van der Waals surface area contributed by atoms with Gasteiger partial charge in [0.05, 0.1) is 5.69 Å². The Hall–Kier alpha value is -2.82. The van der Waals surface area contributed by atoms with Crippen LogP contribution in [0.3, 0.4) is 0 Å². The Labute approximate surface area is 133 Å². The first-order chi connectivity index (χ1) is 11.1. The van der Waals surface area contributed by atoms with Crippen LogP contribution in [0, 0.1) is 0 Å². The monoisotopic (exact) mass is 311 g/mol. The third-order valence-corrected chi connectivity index (χ3v) is 3.75. The van der Waals surface area contributed by atoms with Gasteiger partial charge in [-0.2, -0.15) is 4.99 Å². The van der Waals surface area contributed by atoms with Crippen molar-refractivity contribution in [2.75, 3.05) is 0 Å². The van der Waals surface area contributed by atoms with Crippen molar-refractivity contribution in [3.05, 3.63) is 59.9 Å². The van der Waals surface area contributed by atoms with Gasteiger partial charge in [-0.3, -0.25) is 10.3 Å². The summed E-state index contributed by atoms with van der Waals surface area (Å²) in [5.74, 6) is -0.962. The van der Waals surface area contributed by atoms with Crippen molar-refractivity contribution in [2.45, 2.75) is 25.4 Å². The molecular formula is C17H17N3O3. The number of benzene rings is 1. The quantitative estimate of drug-likeness (QED) is 0.605. The zero-order valence-corrected chi connectivity index (χ0v) is 12.7. The van der Waals surface area contributed by atoms with Crippen molar-refractivity contribution in [1.29, 1.82) is 0 Å². The summed E-state index contributed by atoms with van der Waals surface area (Å²) in [7, 11) is 0. The molecular weight excluding hydrogens is 294 g/mol. The van der Waals surface area contributed by atoms with Crippen molar-refractivity contribution in [3.8, 4) is 0 Å². The summed E-state index contributed by atoms with van der Waals surface area (Å²) >= 11 is 0. The third kappa shape index (κ3) is 3.69. The highest BCUT2D eigenvalue weighted by Gasteiger charge is 2.38. The van der Waals surface area contributed by atoms with E-state index in [0.717, 1.165) is 5.56 Å². The van der Waals surface area contributed by atoms with Gasteiger partial charge in [0.1, 0.15) is 5.54 Å². The van der Waals surface area contributed by atoms with Crippen LogP contribution in [-0.4, -0.2) is 22.1 Å². The van der Waals surface area contributed by atoms with Crippen LogP contribution in [0.1, 0.15) is 24.5 Å². The fourth-order valence-corrected chi connectivity index (χ4v) is 2.41. The Kier molecular flexibility index (Phi) is 5.36. The molecule has 0 radical (unpaired) electrons. The van der Waals surface area contributed by atoms with Crippen LogP contribution < -0.4 is 5.32 Å². The Morgan fingerprint density at radius 3 is 2.61 bits per heavy atom. The van der Waals surface area contributed by atoms with E-state index in [1.165, 1.54) is 6.08 Å². The van der Waals surface area contributed by atoms with E-state index in [0.29, 0.717) is 24.2 Å². The lowest BCUT2D eigenvalue weighted by Gasteiger charge is -2.30. The molecule has 0 saturated carbocycles. The number of rotatable bonds is 7. The predicted molar refractivity (Wildman–Crippen MR) is 84.9 cm³/mol. The van der Waals surface area contributed by atoms with Gasteiger partial charge in [-0.1, -0.05) is 25.1 Å². The van der Waals surface area contributed by atoms with E-state index in [1.54, 1.807) is 42.7 Å². The van der Waals surface area contributed by atoms with Gasteiger partial charge in [0.2, 0.25) is 6.08 Å². The van der Waals surface area contributed by atoms with Gasteiger partial charge >= 0.3 is 5.97 Å². The number of aliphatic carboxylic acids is 1. The van der Waals surface area contributed by atoms with E-state index in [2.05, 4.69) is 15.3 Å². The molecule has 0 aliphatic carbocycles. The molecule has 2 rings (SSSR count). The van der Waals surface area contributed by atoms with Gasteiger partial charge in [0.25, 0.3) is 0 Å². The van der Waals surface area contributed by atoms with Crippen molar-refractivity contribution < 1.29 is 14.7 Å². The molecule has 6 heteroatoms. The minimum atomic E-state index is -1.22. The van der Waals surface area contributed by atoms with Gasteiger partial charge in [0, 0.05) is 18.9 Å². The maximum atomic E-state index is 11.9. The summed E-state index contributed by atoms with van der Waals surface area (Å²) in [6.07, 6.45) is 5.18. The number of carboxylic acid groups (broad SMARTS) is 1. The maximum absolute atomic E-state index is 11.9. The molecule has 2 N–H and O–H groups in total. The van der Waals surface area contributed by atoms with Crippen LogP contribution in [0.4, 0.5) is 5.69 Å². The lowest BCUT2D eigenvalue weighted by Crippen LogP contribution is -2.48. The number of aliphatic imine (C=N–C) groups is 1. The van der Waals surface area contributed by atoms with Crippen molar-refractivity contribution >= 4 is 17.7 Å². The molecule has 23 heavy (non-hydrogen) atoms. The highest BCUT2D eigenvalue weighted by Crippen LogP contribution is 2.28. The second-order valence-corrected chi connectivity index (χ2v) is 5.03. The summed E-state index contributed by atoms with van der Waals surface area (Å²) in [5.41, 5.74) is 0.709. The second-order valence-electron chi connectivity index (χ2n) is 5.03. The molecule has 6 nitrogen and oxygen atoms in total. The molecule has 2 aromatic rings. The first kappa shape index (κ1) is 16.5. The van der Waals surface area contributed by atoms with E-state index >= 15 is 0 Å².